The minimum absolute atomic E-state index is 0.352. The number of hydrogen-bond acceptors (Lipinski definition) is 7. The van der Waals surface area contributed by atoms with Crippen molar-refractivity contribution in [2.75, 3.05) is 17.7 Å². The smallest absolute Gasteiger partial charge is 0.337 e. The summed E-state index contributed by atoms with van der Waals surface area (Å²) in [6, 6.07) is 13.0. The van der Waals surface area contributed by atoms with Gasteiger partial charge in [0.1, 0.15) is 0 Å². The Kier molecular flexibility index (Phi) is 5.07. The number of anilines is 4. The van der Waals surface area contributed by atoms with Gasteiger partial charge in [-0.25, -0.2) is 4.79 Å². The number of hydrogen-bond donors (Lipinski definition) is 2. The van der Waals surface area contributed by atoms with Gasteiger partial charge in [0, 0.05) is 11.4 Å². The van der Waals surface area contributed by atoms with E-state index in [1.54, 1.807) is 30.5 Å². The predicted molar refractivity (Wildman–Crippen MR) is 100 cm³/mol. The van der Waals surface area contributed by atoms with Gasteiger partial charge in [-0.05, 0) is 61.4 Å². The molecule has 0 radical (unpaired) electrons. The SMILES string of the molecule is COC(=O)c1ccc(Nc2nncc(Nc3cc(C)cc(C)c3)n2)cc1. The molecule has 0 atom stereocenters. The standard InChI is InChI=1S/C19H19N5O2/c1-12-8-13(2)10-16(9-12)21-17-11-20-24-19(23-17)22-15-6-4-14(5-7-15)18(25)26-3/h4-11H,1-3H3,(H2,21,22,23,24). The Hall–Kier alpha value is -3.48. The van der Waals surface area contributed by atoms with E-state index in [4.69, 9.17) is 0 Å². The molecule has 1 heterocycles. The molecule has 0 aliphatic rings. The van der Waals surface area contributed by atoms with Crippen molar-refractivity contribution in [1.29, 1.82) is 0 Å². The fourth-order valence-electron chi connectivity index (χ4n) is 2.55. The van der Waals surface area contributed by atoms with Crippen molar-refractivity contribution in [3.8, 4) is 0 Å². The minimum Gasteiger partial charge on any atom is -0.465 e. The first-order valence-electron chi connectivity index (χ1n) is 8.04. The Bertz CT molecular complexity index is 905. The van der Waals surface area contributed by atoms with Crippen LogP contribution in [0, 0.1) is 13.8 Å². The van der Waals surface area contributed by atoms with E-state index < -0.39 is 0 Å². The number of aromatic nitrogens is 3. The molecule has 7 nitrogen and oxygen atoms in total. The van der Waals surface area contributed by atoms with Crippen molar-refractivity contribution in [3.63, 3.8) is 0 Å². The Morgan fingerprint density at radius 3 is 2.31 bits per heavy atom. The van der Waals surface area contributed by atoms with Gasteiger partial charge < -0.3 is 15.4 Å². The van der Waals surface area contributed by atoms with Crippen molar-refractivity contribution < 1.29 is 9.53 Å². The number of ether oxygens (including phenoxy) is 1. The lowest BCUT2D eigenvalue weighted by Gasteiger charge is -2.09. The van der Waals surface area contributed by atoms with E-state index in [-0.39, 0.29) is 5.97 Å². The second-order valence-corrected chi connectivity index (χ2v) is 5.86. The summed E-state index contributed by atoms with van der Waals surface area (Å²) in [5, 5.41) is 14.2. The van der Waals surface area contributed by atoms with Gasteiger partial charge in [0.25, 0.3) is 0 Å². The molecule has 0 saturated heterocycles. The molecule has 0 aliphatic carbocycles. The highest BCUT2D eigenvalue weighted by molar-refractivity contribution is 5.89. The van der Waals surface area contributed by atoms with E-state index in [1.807, 2.05) is 26.0 Å². The highest BCUT2D eigenvalue weighted by Crippen LogP contribution is 2.19. The Balaban J connectivity index is 1.74. The zero-order valence-corrected chi connectivity index (χ0v) is 14.8. The topological polar surface area (TPSA) is 89.0 Å². The van der Waals surface area contributed by atoms with Gasteiger partial charge in [0.15, 0.2) is 5.82 Å². The molecule has 0 spiro atoms. The normalized spacial score (nSPS) is 10.3. The number of carbonyl (C=O) groups excluding carboxylic acids is 1. The molecule has 0 aliphatic heterocycles. The van der Waals surface area contributed by atoms with E-state index in [2.05, 4.69) is 36.6 Å². The van der Waals surface area contributed by atoms with Crippen LogP contribution in [0.4, 0.5) is 23.1 Å². The van der Waals surface area contributed by atoms with E-state index in [1.165, 1.54) is 18.2 Å². The van der Waals surface area contributed by atoms with E-state index in [9.17, 15) is 4.79 Å². The number of carbonyl (C=O) groups is 1. The molecule has 132 valence electrons. The van der Waals surface area contributed by atoms with Gasteiger partial charge in [0.05, 0.1) is 18.9 Å². The van der Waals surface area contributed by atoms with Crippen LogP contribution in [-0.4, -0.2) is 28.3 Å². The van der Waals surface area contributed by atoms with Crippen LogP contribution in [0.1, 0.15) is 21.5 Å². The zero-order valence-electron chi connectivity index (χ0n) is 14.8. The summed E-state index contributed by atoms with van der Waals surface area (Å²) < 4.78 is 4.68. The van der Waals surface area contributed by atoms with Gasteiger partial charge in [-0.3, -0.25) is 0 Å². The predicted octanol–water partition coefficient (Wildman–Crippen LogP) is 3.76. The molecule has 2 N–H and O–H groups in total. The van der Waals surface area contributed by atoms with Crippen LogP contribution >= 0.6 is 0 Å². The summed E-state index contributed by atoms with van der Waals surface area (Å²) in [7, 11) is 1.35. The number of aryl methyl sites for hydroxylation is 2. The number of benzene rings is 2. The number of methoxy groups -OCH3 is 1. The summed E-state index contributed by atoms with van der Waals surface area (Å²) in [6.45, 7) is 4.09. The lowest BCUT2D eigenvalue weighted by Crippen LogP contribution is -2.04. The molecule has 3 aromatic rings. The first-order valence-corrected chi connectivity index (χ1v) is 8.04. The van der Waals surface area contributed by atoms with Crippen LogP contribution in [0.25, 0.3) is 0 Å². The first-order chi connectivity index (χ1) is 12.5. The van der Waals surface area contributed by atoms with Crippen LogP contribution in [0.15, 0.2) is 48.7 Å². The molecule has 0 amide bonds. The quantitative estimate of drug-likeness (QED) is 0.678. The monoisotopic (exact) mass is 349 g/mol. The molecule has 0 saturated carbocycles. The van der Waals surface area contributed by atoms with E-state index in [0.29, 0.717) is 17.3 Å². The maximum Gasteiger partial charge on any atom is 0.337 e. The third-order valence-corrected chi connectivity index (χ3v) is 3.62. The van der Waals surface area contributed by atoms with Gasteiger partial charge in [-0.15, -0.1) is 5.10 Å². The maximum absolute atomic E-state index is 11.5. The molecule has 1 aromatic heterocycles. The fraction of sp³-hybridized carbons (Fsp3) is 0.158. The molecule has 7 heteroatoms. The van der Waals surface area contributed by atoms with Crippen LogP contribution in [-0.2, 0) is 4.74 Å². The fourth-order valence-corrected chi connectivity index (χ4v) is 2.55. The minimum atomic E-state index is -0.380. The van der Waals surface area contributed by atoms with Crippen molar-refractivity contribution in [2.24, 2.45) is 0 Å². The van der Waals surface area contributed by atoms with Crippen LogP contribution < -0.4 is 10.6 Å². The van der Waals surface area contributed by atoms with Crippen LogP contribution in [0.5, 0.6) is 0 Å². The molecule has 26 heavy (non-hydrogen) atoms. The summed E-state index contributed by atoms with van der Waals surface area (Å²) in [4.78, 5) is 15.9. The third-order valence-electron chi connectivity index (χ3n) is 3.62. The Labute approximate surface area is 151 Å². The van der Waals surface area contributed by atoms with Crippen LogP contribution in [0.3, 0.4) is 0 Å². The maximum atomic E-state index is 11.5. The van der Waals surface area contributed by atoms with Gasteiger partial charge >= 0.3 is 5.97 Å². The first kappa shape index (κ1) is 17.3. The van der Waals surface area contributed by atoms with Crippen molar-refractivity contribution in [1.82, 2.24) is 15.2 Å². The highest BCUT2D eigenvalue weighted by Gasteiger charge is 2.06. The van der Waals surface area contributed by atoms with Gasteiger partial charge in [-0.2, -0.15) is 10.1 Å². The lowest BCUT2D eigenvalue weighted by atomic mass is 10.1. The number of esters is 1. The molecule has 0 fully saturated rings. The van der Waals surface area contributed by atoms with Crippen molar-refractivity contribution >= 4 is 29.1 Å². The third kappa shape index (κ3) is 4.32. The molecule has 2 aromatic carbocycles. The number of nitrogens with zero attached hydrogens (tertiary/aromatic N) is 3. The molecule has 0 unspecified atom stereocenters. The number of nitrogens with one attached hydrogen (secondary N) is 2. The summed E-state index contributed by atoms with van der Waals surface area (Å²) in [5.41, 5.74) is 4.49. The lowest BCUT2D eigenvalue weighted by molar-refractivity contribution is 0.0601. The largest absolute Gasteiger partial charge is 0.465 e. The Morgan fingerprint density at radius 2 is 1.65 bits per heavy atom. The zero-order chi connectivity index (χ0) is 18.5. The summed E-state index contributed by atoms with van der Waals surface area (Å²) in [6.07, 6.45) is 1.56. The molecule has 0 bridgehead atoms. The summed E-state index contributed by atoms with van der Waals surface area (Å²) >= 11 is 0. The Morgan fingerprint density at radius 1 is 0.962 bits per heavy atom. The van der Waals surface area contributed by atoms with E-state index >= 15 is 0 Å². The van der Waals surface area contributed by atoms with Crippen LogP contribution in [0.2, 0.25) is 0 Å². The molecule has 3 rings (SSSR count). The molecular formula is C19H19N5O2. The summed E-state index contributed by atoms with van der Waals surface area (Å²) in [5.74, 6) is 0.554. The van der Waals surface area contributed by atoms with Gasteiger partial charge in [0.2, 0.25) is 5.95 Å². The van der Waals surface area contributed by atoms with Crippen molar-refractivity contribution in [3.05, 3.63) is 65.4 Å². The average Bonchev–Trinajstić information content (AvgIpc) is 2.61. The highest BCUT2D eigenvalue weighted by atomic mass is 16.5. The second-order valence-electron chi connectivity index (χ2n) is 5.86. The van der Waals surface area contributed by atoms with Gasteiger partial charge in [-0.1, -0.05) is 6.07 Å². The van der Waals surface area contributed by atoms with Crippen molar-refractivity contribution in [2.45, 2.75) is 13.8 Å². The average molecular weight is 349 g/mol. The second kappa shape index (κ2) is 7.60. The molecular weight excluding hydrogens is 330 g/mol. The number of rotatable bonds is 5. The van der Waals surface area contributed by atoms with E-state index in [0.717, 1.165) is 11.4 Å².